The molecule has 4 heteroatoms. The summed E-state index contributed by atoms with van der Waals surface area (Å²) in [4.78, 5) is 17.0. The minimum Gasteiger partial charge on any atom is -0.478 e. The number of carboxylic acids is 1. The van der Waals surface area contributed by atoms with Crippen LogP contribution >= 0.6 is 0 Å². The first-order valence-corrected chi connectivity index (χ1v) is 5.11. The number of terminal acetylenes is 1. The average molecular weight is 216 g/mol. The van der Waals surface area contributed by atoms with E-state index >= 15 is 0 Å². The van der Waals surface area contributed by atoms with Gasteiger partial charge in [0.2, 0.25) is 0 Å². The van der Waals surface area contributed by atoms with Gasteiger partial charge in [0.1, 0.15) is 0 Å². The Bertz CT molecular complexity index is 447. The number of carboxylic acid groups (broad SMARTS) is 1. The molecule has 0 saturated heterocycles. The fourth-order valence-electron chi connectivity index (χ4n) is 1.69. The van der Waals surface area contributed by atoms with Crippen molar-refractivity contribution in [2.45, 2.75) is 18.9 Å². The Kier molecular flexibility index (Phi) is 2.78. The summed E-state index contributed by atoms with van der Waals surface area (Å²) in [5.41, 5.74) is 0.882. The molecule has 1 aliphatic carbocycles. The van der Waals surface area contributed by atoms with Crippen molar-refractivity contribution in [3.8, 4) is 12.3 Å². The summed E-state index contributed by atoms with van der Waals surface area (Å²) in [6, 6.07) is 1.88. The molecule has 1 aromatic rings. The number of hydrogen-bond acceptors (Lipinski definition) is 3. The third-order valence-corrected chi connectivity index (χ3v) is 2.59. The van der Waals surface area contributed by atoms with E-state index in [1.807, 2.05) is 4.90 Å². The number of aromatic nitrogens is 1. The zero-order chi connectivity index (χ0) is 11.5. The monoisotopic (exact) mass is 216 g/mol. The van der Waals surface area contributed by atoms with E-state index in [-0.39, 0.29) is 5.56 Å². The smallest absolute Gasteiger partial charge is 0.337 e. The lowest BCUT2D eigenvalue weighted by molar-refractivity contribution is 0.0697. The van der Waals surface area contributed by atoms with E-state index in [1.165, 1.54) is 12.3 Å². The van der Waals surface area contributed by atoms with Crippen molar-refractivity contribution in [1.29, 1.82) is 0 Å². The van der Waals surface area contributed by atoms with Crippen LogP contribution in [0.5, 0.6) is 0 Å². The summed E-state index contributed by atoms with van der Waals surface area (Å²) >= 11 is 0. The molecule has 82 valence electrons. The molecule has 0 aliphatic heterocycles. The van der Waals surface area contributed by atoms with Gasteiger partial charge in [-0.2, -0.15) is 0 Å². The first-order valence-electron chi connectivity index (χ1n) is 5.11. The molecule has 1 heterocycles. The molecule has 1 N–H and O–H groups in total. The highest BCUT2D eigenvalue weighted by Crippen LogP contribution is 2.32. The van der Waals surface area contributed by atoms with E-state index in [2.05, 4.69) is 10.9 Å². The second-order valence-electron chi connectivity index (χ2n) is 3.76. The molecule has 1 fully saturated rings. The number of anilines is 1. The lowest BCUT2D eigenvalue weighted by Gasteiger charge is -2.23. The molecule has 0 aromatic carbocycles. The van der Waals surface area contributed by atoms with E-state index in [4.69, 9.17) is 11.5 Å². The third kappa shape index (κ3) is 1.98. The SMILES string of the molecule is C#CCN(c1cnccc1C(=O)O)C1CC1. The van der Waals surface area contributed by atoms with E-state index < -0.39 is 5.97 Å². The van der Waals surface area contributed by atoms with Gasteiger partial charge < -0.3 is 10.0 Å². The topological polar surface area (TPSA) is 53.4 Å². The van der Waals surface area contributed by atoms with Gasteiger partial charge in [-0.3, -0.25) is 4.98 Å². The molecule has 4 nitrogen and oxygen atoms in total. The molecule has 0 atom stereocenters. The molecule has 1 aliphatic rings. The van der Waals surface area contributed by atoms with Gasteiger partial charge in [0.15, 0.2) is 0 Å². The lowest BCUT2D eigenvalue weighted by Crippen LogP contribution is -2.27. The number of carbonyl (C=O) groups is 1. The zero-order valence-electron chi connectivity index (χ0n) is 8.76. The summed E-state index contributed by atoms with van der Waals surface area (Å²) in [6.45, 7) is 0.427. The van der Waals surface area contributed by atoms with E-state index in [0.717, 1.165) is 12.8 Å². The molecule has 0 unspecified atom stereocenters. The van der Waals surface area contributed by atoms with Crippen molar-refractivity contribution in [2.24, 2.45) is 0 Å². The molecule has 0 amide bonds. The van der Waals surface area contributed by atoms with Crippen LogP contribution in [0.25, 0.3) is 0 Å². The van der Waals surface area contributed by atoms with Crippen LogP contribution in [0.3, 0.4) is 0 Å². The normalized spacial score (nSPS) is 14.2. The van der Waals surface area contributed by atoms with Crippen molar-refractivity contribution in [3.05, 3.63) is 24.0 Å². The Morgan fingerprint density at radius 2 is 2.44 bits per heavy atom. The summed E-state index contributed by atoms with van der Waals surface area (Å²) in [5.74, 6) is 1.61. The Morgan fingerprint density at radius 3 is 3.00 bits per heavy atom. The second kappa shape index (κ2) is 4.23. The highest BCUT2D eigenvalue weighted by molar-refractivity contribution is 5.94. The van der Waals surface area contributed by atoms with Gasteiger partial charge in [-0.15, -0.1) is 6.42 Å². The third-order valence-electron chi connectivity index (χ3n) is 2.59. The fourth-order valence-corrected chi connectivity index (χ4v) is 1.69. The summed E-state index contributed by atoms with van der Waals surface area (Å²) in [7, 11) is 0. The van der Waals surface area contributed by atoms with Gasteiger partial charge in [0.05, 0.1) is 24.0 Å². The highest BCUT2D eigenvalue weighted by atomic mass is 16.4. The van der Waals surface area contributed by atoms with Crippen LogP contribution < -0.4 is 4.90 Å². The molecule has 0 radical (unpaired) electrons. The maximum Gasteiger partial charge on any atom is 0.337 e. The lowest BCUT2D eigenvalue weighted by atomic mass is 10.2. The van der Waals surface area contributed by atoms with E-state index in [0.29, 0.717) is 18.3 Å². The molecule has 1 saturated carbocycles. The maximum atomic E-state index is 11.1. The number of aromatic carboxylic acids is 1. The molecule has 0 spiro atoms. The molecule has 16 heavy (non-hydrogen) atoms. The predicted octanol–water partition coefficient (Wildman–Crippen LogP) is 1.38. The first kappa shape index (κ1) is 10.5. The first-order chi connectivity index (χ1) is 7.74. The Morgan fingerprint density at radius 1 is 1.69 bits per heavy atom. The van der Waals surface area contributed by atoms with Crippen molar-refractivity contribution < 1.29 is 9.90 Å². The van der Waals surface area contributed by atoms with Crippen molar-refractivity contribution in [2.75, 3.05) is 11.4 Å². The minimum absolute atomic E-state index is 0.261. The van der Waals surface area contributed by atoms with Gasteiger partial charge >= 0.3 is 5.97 Å². The molecule has 0 bridgehead atoms. The minimum atomic E-state index is -0.944. The van der Waals surface area contributed by atoms with Crippen LogP contribution in [-0.2, 0) is 0 Å². The van der Waals surface area contributed by atoms with Crippen molar-refractivity contribution in [3.63, 3.8) is 0 Å². The quantitative estimate of drug-likeness (QED) is 0.772. The van der Waals surface area contributed by atoms with Crippen molar-refractivity contribution in [1.82, 2.24) is 4.98 Å². The predicted molar refractivity (Wildman–Crippen MR) is 60.4 cm³/mol. The van der Waals surface area contributed by atoms with Gasteiger partial charge in [0.25, 0.3) is 0 Å². The van der Waals surface area contributed by atoms with Crippen LogP contribution in [-0.4, -0.2) is 28.6 Å². The second-order valence-corrected chi connectivity index (χ2v) is 3.76. The number of rotatable bonds is 4. The standard InChI is InChI=1S/C12H12N2O2/c1-2-7-14(9-3-4-9)11-8-13-6-5-10(11)12(15)16/h1,5-6,8-9H,3-4,7H2,(H,15,16). The Balaban J connectivity index is 2.36. The van der Waals surface area contributed by atoms with Crippen molar-refractivity contribution >= 4 is 11.7 Å². The zero-order valence-corrected chi connectivity index (χ0v) is 8.76. The number of hydrogen-bond donors (Lipinski definition) is 1. The molecule has 1 aromatic heterocycles. The maximum absolute atomic E-state index is 11.1. The van der Waals surface area contributed by atoms with Crippen LogP contribution in [0, 0.1) is 12.3 Å². The van der Waals surface area contributed by atoms with Crippen LogP contribution in [0.4, 0.5) is 5.69 Å². The molecular weight excluding hydrogens is 204 g/mol. The van der Waals surface area contributed by atoms with Gasteiger partial charge in [-0.1, -0.05) is 5.92 Å². The van der Waals surface area contributed by atoms with E-state index in [9.17, 15) is 4.79 Å². The molecule has 2 rings (SSSR count). The van der Waals surface area contributed by atoms with Gasteiger partial charge in [-0.05, 0) is 18.9 Å². The van der Waals surface area contributed by atoms with Crippen LogP contribution in [0.1, 0.15) is 23.2 Å². The fraction of sp³-hybridized carbons (Fsp3) is 0.333. The number of pyridine rings is 1. The van der Waals surface area contributed by atoms with Crippen LogP contribution in [0.2, 0.25) is 0 Å². The largest absolute Gasteiger partial charge is 0.478 e. The summed E-state index contributed by atoms with van der Waals surface area (Å²) < 4.78 is 0. The Labute approximate surface area is 93.9 Å². The summed E-state index contributed by atoms with van der Waals surface area (Å²) in [5, 5.41) is 9.08. The average Bonchev–Trinajstić information content (AvgIpc) is 3.10. The van der Waals surface area contributed by atoms with E-state index in [1.54, 1.807) is 6.20 Å². The van der Waals surface area contributed by atoms with Gasteiger partial charge in [0, 0.05) is 12.2 Å². The van der Waals surface area contributed by atoms with Crippen LogP contribution in [0.15, 0.2) is 18.5 Å². The number of nitrogens with zero attached hydrogens (tertiary/aromatic N) is 2. The van der Waals surface area contributed by atoms with Gasteiger partial charge in [-0.25, -0.2) is 4.79 Å². The summed E-state index contributed by atoms with van der Waals surface area (Å²) in [6.07, 6.45) is 10.5. The highest BCUT2D eigenvalue weighted by Gasteiger charge is 2.30. The molecular formula is C12H12N2O2. The Hall–Kier alpha value is -2.02.